The lowest BCUT2D eigenvalue weighted by Gasteiger charge is -2.14. The average Bonchev–Trinajstić information content (AvgIpc) is 2.36. The smallest absolute Gasteiger partial charge is 0.337 e. The first-order chi connectivity index (χ1) is 9.00. The van der Waals surface area contributed by atoms with Crippen LogP contribution in [-0.2, 0) is 0 Å². The van der Waals surface area contributed by atoms with Crippen LogP contribution in [0.1, 0.15) is 15.9 Å². The van der Waals surface area contributed by atoms with Crippen molar-refractivity contribution < 1.29 is 9.90 Å². The monoisotopic (exact) mass is 276 g/mol. The topological polar surface area (TPSA) is 75.3 Å². The van der Waals surface area contributed by atoms with E-state index in [1.165, 1.54) is 6.07 Å². The second kappa shape index (κ2) is 5.20. The summed E-state index contributed by atoms with van der Waals surface area (Å²) in [6.45, 7) is 1.87. The predicted octanol–water partition coefficient (Wildman–Crippen LogP) is 3.67. The van der Waals surface area contributed by atoms with Gasteiger partial charge >= 0.3 is 5.97 Å². The summed E-state index contributed by atoms with van der Waals surface area (Å²) in [6, 6.07) is 10.2. The number of carboxylic acid groups (broad SMARTS) is 1. The number of nitrogens with one attached hydrogen (secondary N) is 1. The number of hydrogen-bond donors (Lipinski definition) is 3. The molecule has 0 unspecified atom stereocenters. The SMILES string of the molecule is Cc1cccc(Nc2c(N)cccc2C(=O)O)c1Cl. The summed E-state index contributed by atoms with van der Waals surface area (Å²) >= 11 is 6.18. The van der Waals surface area contributed by atoms with E-state index < -0.39 is 5.97 Å². The van der Waals surface area contributed by atoms with Gasteiger partial charge in [-0.15, -0.1) is 0 Å². The number of para-hydroxylation sites is 1. The molecular formula is C14H13ClN2O2. The maximum atomic E-state index is 11.2. The summed E-state index contributed by atoms with van der Waals surface area (Å²) in [5, 5.41) is 12.7. The molecule has 0 aromatic heterocycles. The number of aromatic carboxylic acids is 1. The molecule has 19 heavy (non-hydrogen) atoms. The maximum Gasteiger partial charge on any atom is 0.337 e. The molecule has 2 rings (SSSR count). The van der Waals surface area contributed by atoms with Crippen molar-refractivity contribution in [3.05, 3.63) is 52.5 Å². The zero-order valence-corrected chi connectivity index (χ0v) is 11.0. The maximum absolute atomic E-state index is 11.2. The number of hydrogen-bond acceptors (Lipinski definition) is 3. The minimum atomic E-state index is -1.04. The van der Waals surface area contributed by atoms with Gasteiger partial charge in [0.25, 0.3) is 0 Å². The van der Waals surface area contributed by atoms with Crippen LogP contribution >= 0.6 is 11.6 Å². The summed E-state index contributed by atoms with van der Waals surface area (Å²) in [5.41, 5.74) is 8.17. The Bertz CT molecular complexity index is 641. The largest absolute Gasteiger partial charge is 0.478 e. The molecule has 2 aromatic carbocycles. The zero-order chi connectivity index (χ0) is 14.0. The Labute approximate surface area is 115 Å². The number of anilines is 3. The molecule has 0 radical (unpaired) electrons. The van der Waals surface area contributed by atoms with Crippen LogP contribution in [0, 0.1) is 6.92 Å². The number of carbonyl (C=O) groups is 1. The standard InChI is InChI=1S/C14H13ClN2O2/c1-8-4-2-7-11(12(8)15)17-13-9(14(18)19)5-3-6-10(13)16/h2-7,17H,16H2,1H3,(H,18,19). The van der Waals surface area contributed by atoms with Crippen molar-refractivity contribution in [1.82, 2.24) is 0 Å². The van der Waals surface area contributed by atoms with Gasteiger partial charge in [0.05, 0.1) is 27.6 Å². The molecular weight excluding hydrogens is 264 g/mol. The summed E-state index contributed by atoms with van der Waals surface area (Å²) in [6.07, 6.45) is 0. The zero-order valence-electron chi connectivity index (χ0n) is 10.3. The molecule has 0 spiro atoms. The van der Waals surface area contributed by atoms with Gasteiger partial charge in [-0.3, -0.25) is 0 Å². The molecule has 0 saturated heterocycles. The molecule has 4 N–H and O–H groups in total. The van der Waals surface area contributed by atoms with Crippen LogP contribution in [0.25, 0.3) is 0 Å². The number of nitrogens with two attached hydrogens (primary N) is 1. The first-order valence-corrected chi connectivity index (χ1v) is 6.02. The number of nitrogen functional groups attached to an aromatic ring is 1. The second-order valence-electron chi connectivity index (χ2n) is 4.14. The average molecular weight is 277 g/mol. The van der Waals surface area contributed by atoms with Gasteiger partial charge in [-0.1, -0.05) is 29.8 Å². The molecule has 0 aliphatic rings. The number of aryl methyl sites for hydroxylation is 1. The molecule has 0 fully saturated rings. The van der Waals surface area contributed by atoms with E-state index in [4.69, 9.17) is 22.4 Å². The summed E-state index contributed by atoms with van der Waals surface area (Å²) < 4.78 is 0. The van der Waals surface area contributed by atoms with E-state index in [9.17, 15) is 4.79 Å². The third-order valence-electron chi connectivity index (χ3n) is 2.78. The van der Waals surface area contributed by atoms with E-state index in [1.54, 1.807) is 18.2 Å². The van der Waals surface area contributed by atoms with Crippen molar-refractivity contribution in [3.8, 4) is 0 Å². The van der Waals surface area contributed by atoms with E-state index >= 15 is 0 Å². The highest BCUT2D eigenvalue weighted by Gasteiger charge is 2.14. The molecule has 0 aliphatic heterocycles. The Morgan fingerprint density at radius 1 is 1.26 bits per heavy atom. The van der Waals surface area contributed by atoms with Crippen molar-refractivity contribution in [2.24, 2.45) is 0 Å². The van der Waals surface area contributed by atoms with Gasteiger partial charge in [0.1, 0.15) is 0 Å². The summed E-state index contributed by atoms with van der Waals surface area (Å²) in [4.78, 5) is 11.2. The normalized spacial score (nSPS) is 10.2. The number of benzene rings is 2. The van der Waals surface area contributed by atoms with E-state index in [0.717, 1.165) is 5.56 Å². The van der Waals surface area contributed by atoms with E-state index in [0.29, 0.717) is 22.1 Å². The fraction of sp³-hybridized carbons (Fsp3) is 0.0714. The van der Waals surface area contributed by atoms with Crippen LogP contribution in [0.2, 0.25) is 5.02 Å². The van der Waals surface area contributed by atoms with Gasteiger partial charge in [0, 0.05) is 0 Å². The predicted molar refractivity (Wildman–Crippen MR) is 77.3 cm³/mol. The first kappa shape index (κ1) is 13.2. The van der Waals surface area contributed by atoms with Crippen molar-refractivity contribution in [2.45, 2.75) is 6.92 Å². The molecule has 0 bridgehead atoms. The highest BCUT2D eigenvalue weighted by molar-refractivity contribution is 6.34. The van der Waals surface area contributed by atoms with Gasteiger partial charge in [0.15, 0.2) is 0 Å². The second-order valence-corrected chi connectivity index (χ2v) is 4.51. The van der Waals surface area contributed by atoms with E-state index in [1.807, 2.05) is 19.1 Å². The minimum absolute atomic E-state index is 0.109. The molecule has 0 amide bonds. The van der Waals surface area contributed by atoms with Crippen LogP contribution in [0.4, 0.5) is 17.1 Å². The summed E-state index contributed by atoms with van der Waals surface area (Å²) in [5.74, 6) is -1.04. The molecule has 0 saturated carbocycles. The fourth-order valence-electron chi connectivity index (χ4n) is 1.77. The van der Waals surface area contributed by atoms with Gasteiger partial charge < -0.3 is 16.2 Å². The highest BCUT2D eigenvalue weighted by atomic mass is 35.5. The van der Waals surface area contributed by atoms with Crippen molar-refractivity contribution in [1.29, 1.82) is 0 Å². The quantitative estimate of drug-likeness (QED) is 0.748. The molecule has 0 aliphatic carbocycles. The number of carboxylic acids is 1. The Morgan fingerprint density at radius 2 is 1.95 bits per heavy atom. The molecule has 2 aromatic rings. The lowest BCUT2D eigenvalue weighted by Crippen LogP contribution is -2.06. The van der Waals surface area contributed by atoms with Crippen molar-refractivity contribution in [2.75, 3.05) is 11.1 Å². The van der Waals surface area contributed by atoms with Crippen molar-refractivity contribution in [3.63, 3.8) is 0 Å². The Balaban J connectivity index is 2.49. The third-order valence-corrected chi connectivity index (χ3v) is 3.28. The van der Waals surface area contributed by atoms with Crippen LogP contribution in [-0.4, -0.2) is 11.1 Å². The van der Waals surface area contributed by atoms with Gasteiger partial charge in [-0.05, 0) is 30.7 Å². The molecule has 98 valence electrons. The Kier molecular flexibility index (Phi) is 3.62. The Hall–Kier alpha value is -2.20. The van der Waals surface area contributed by atoms with Crippen LogP contribution in [0.5, 0.6) is 0 Å². The lowest BCUT2D eigenvalue weighted by atomic mass is 10.1. The number of halogens is 1. The van der Waals surface area contributed by atoms with E-state index in [2.05, 4.69) is 5.32 Å². The lowest BCUT2D eigenvalue weighted by molar-refractivity contribution is 0.0698. The van der Waals surface area contributed by atoms with E-state index in [-0.39, 0.29) is 5.56 Å². The number of rotatable bonds is 3. The van der Waals surface area contributed by atoms with Gasteiger partial charge in [0.2, 0.25) is 0 Å². The molecule has 5 heteroatoms. The first-order valence-electron chi connectivity index (χ1n) is 5.64. The summed E-state index contributed by atoms with van der Waals surface area (Å²) in [7, 11) is 0. The van der Waals surface area contributed by atoms with Crippen LogP contribution in [0.15, 0.2) is 36.4 Å². The molecule has 0 atom stereocenters. The highest BCUT2D eigenvalue weighted by Crippen LogP contribution is 2.32. The fourth-order valence-corrected chi connectivity index (χ4v) is 1.94. The Morgan fingerprint density at radius 3 is 2.63 bits per heavy atom. The third kappa shape index (κ3) is 2.63. The van der Waals surface area contributed by atoms with Gasteiger partial charge in [-0.25, -0.2) is 4.79 Å². The molecule has 4 nitrogen and oxygen atoms in total. The van der Waals surface area contributed by atoms with Crippen LogP contribution in [0.3, 0.4) is 0 Å². The van der Waals surface area contributed by atoms with Gasteiger partial charge in [-0.2, -0.15) is 0 Å². The molecule has 0 heterocycles. The minimum Gasteiger partial charge on any atom is -0.478 e. The van der Waals surface area contributed by atoms with Crippen LogP contribution < -0.4 is 11.1 Å². The van der Waals surface area contributed by atoms with Crippen molar-refractivity contribution >= 4 is 34.6 Å².